The molecule has 0 amide bonds. The molecule has 0 bridgehead atoms. The number of halogens is 1. The SMILES string of the molecule is CN=C(NCC1CCN(S(=O)(=O)c2ccccc2)CC1)NC(C)CCS(C)(=O)=O.I. The van der Waals surface area contributed by atoms with Gasteiger partial charge in [-0.1, -0.05) is 18.2 Å². The lowest BCUT2D eigenvalue weighted by Crippen LogP contribution is -2.46. The summed E-state index contributed by atoms with van der Waals surface area (Å²) in [5, 5.41) is 6.48. The average Bonchev–Trinajstić information content (AvgIpc) is 2.70. The zero-order valence-electron chi connectivity index (χ0n) is 17.7. The highest BCUT2D eigenvalue weighted by Crippen LogP contribution is 2.23. The van der Waals surface area contributed by atoms with Gasteiger partial charge >= 0.3 is 0 Å². The molecule has 172 valence electrons. The van der Waals surface area contributed by atoms with E-state index in [-0.39, 0.29) is 35.8 Å². The summed E-state index contributed by atoms with van der Waals surface area (Å²) in [5.41, 5.74) is 0. The smallest absolute Gasteiger partial charge is 0.243 e. The number of rotatable bonds is 8. The number of hydrogen-bond donors (Lipinski definition) is 2. The van der Waals surface area contributed by atoms with Crippen molar-refractivity contribution in [1.29, 1.82) is 0 Å². The van der Waals surface area contributed by atoms with Crippen molar-refractivity contribution in [1.82, 2.24) is 14.9 Å². The number of piperidine rings is 1. The van der Waals surface area contributed by atoms with Crippen LogP contribution in [-0.4, -0.2) is 71.8 Å². The molecule has 0 spiro atoms. The predicted octanol–water partition coefficient (Wildman–Crippen LogP) is 1.69. The van der Waals surface area contributed by atoms with Crippen LogP contribution < -0.4 is 10.6 Å². The highest BCUT2D eigenvalue weighted by molar-refractivity contribution is 14.0. The van der Waals surface area contributed by atoms with Crippen molar-refractivity contribution < 1.29 is 16.8 Å². The van der Waals surface area contributed by atoms with Gasteiger partial charge in [0.05, 0.1) is 10.6 Å². The molecule has 1 aromatic rings. The topological polar surface area (TPSA) is 108 Å². The maximum Gasteiger partial charge on any atom is 0.243 e. The molecule has 1 fully saturated rings. The van der Waals surface area contributed by atoms with Gasteiger partial charge in [-0.3, -0.25) is 4.99 Å². The van der Waals surface area contributed by atoms with Gasteiger partial charge in [-0.15, -0.1) is 24.0 Å². The summed E-state index contributed by atoms with van der Waals surface area (Å²) in [4.78, 5) is 4.53. The van der Waals surface area contributed by atoms with E-state index < -0.39 is 19.9 Å². The summed E-state index contributed by atoms with van der Waals surface area (Å²) in [6.45, 7) is 3.61. The first-order valence-electron chi connectivity index (χ1n) is 9.82. The molecule has 1 unspecified atom stereocenters. The lowest BCUT2D eigenvalue weighted by molar-refractivity contribution is 0.273. The third kappa shape index (κ3) is 8.67. The Morgan fingerprint density at radius 1 is 1.17 bits per heavy atom. The van der Waals surface area contributed by atoms with Gasteiger partial charge in [0.25, 0.3) is 0 Å². The Balaban J connectivity index is 0.00000450. The highest BCUT2D eigenvalue weighted by Gasteiger charge is 2.29. The van der Waals surface area contributed by atoms with E-state index in [0.29, 0.717) is 42.8 Å². The molecule has 1 atom stereocenters. The number of sulfone groups is 1. The molecule has 1 aliphatic heterocycles. The Labute approximate surface area is 197 Å². The summed E-state index contributed by atoms with van der Waals surface area (Å²) in [7, 11) is -4.74. The summed E-state index contributed by atoms with van der Waals surface area (Å²) in [6, 6.07) is 8.51. The molecule has 0 aromatic heterocycles. The maximum absolute atomic E-state index is 12.7. The third-order valence-corrected chi connectivity index (χ3v) is 7.93. The molecule has 8 nitrogen and oxygen atoms in total. The Kier molecular flexibility index (Phi) is 11.0. The number of nitrogens with one attached hydrogen (secondary N) is 2. The van der Waals surface area contributed by atoms with Crippen LogP contribution in [0.4, 0.5) is 0 Å². The number of benzene rings is 1. The first-order valence-corrected chi connectivity index (χ1v) is 13.3. The predicted molar refractivity (Wildman–Crippen MR) is 132 cm³/mol. The van der Waals surface area contributed by atoms with Crippen LogP contribution in [0.3, 0.4) is 0 Å². The molecule has 11 heteroatoms. The summed E-state index contributed by atoms with van der Waals surface area (Å²) < 4.78 is 49.5. The highest BCUT2D eigenvalue weighted by atomic mass is 127. The van der Waals surface area contributed by atoms with Gasteiger partial charge < -0.3 is 10.6 Å². The molecule has 1 heterocycles. The van der Waals surface area contributed by atoms with Crippen LogP contribution in [0.25, 0.3) is 0 Å². The molecule has 2 rings (SSSR count). The zero-order valence-corrected chi connectivity index (χ0v) is 21.7. The minimum absolute atomic E-state index is 0. The fourth-order valence-corrected chi connectivity index (χ4v) is 5.50. The molecule has 1 saturated heterocycles. The molecule has 1 aromatic carbocycles. The van der Waals surface area contributed by atoms with E-state index in [4.69, 9.17) is 0 Å². The van der Waals surface area contributed by atoms with Crippen molar-refractivity contribution in [3.8, 4) is 0 Å². The van der Waals surface area contributed by atoms with Crippen LogP contribution in [0, 0.1) is 5.92 Å². The lowest BCUT2D eigenvalue weighted by atomic mass is 9.98. The van der Waals surface area contributed by atoms with Crippen molar-refractivity contribution in [3.63, 3.8) is 0 Å². The normalized spacial score (nSPS) is 17.8. The van der Waals surface area contributed by atoms with Crippen LogP contribution in [0.15, 0.2) is 40.2 Å². The van der Waals surface area contributed by atoms with E-state index in [2.05, 4.69) is 15.6 Å². The largest absolute Gasteiger partial charge is 0.356 e. The van der Waals surface area contributed by atoms with E-state index in [1.807, 2.05) is 6.92 Å². The number of guanidine groups is 1. The van der Waals surface area contributed by atoms with Crippen molar-refractivity contribution >= 4 is 49.8 Å². The fraction of sp³-hybridized carbons (Fsp3) is 0.632. The van der Waals surface area contributed by atoms with Gasteiger partial charge in [0.2, 0.25) is 10.0 Å². The minimum atomic E-state index is -3.43. The summed E-state index contributed by atoms with van der Waals surface area (Å²) in [5.74, 6) is 1.11. The van der Waals surface area contributed by atoms with Crippen LogP contribution in [0.1, 0.15) is 26.2 Å². The molecule has 1 aliphatic rings. The van der Waals surface area contributed by atoms with Gasteiger partial charge in [0, 0.05) is 39.0 Å². The first-order chi connectivity index (χ1) is 13.6. The zero-order chi connectivity index (χ0) is 21.5. The molecule has 2 N–H and O–H groups in total. The second kappa shape index (κ2) is 12.2. The van der Waals surface area contributed by atoms with Crippen LogP contribution in [0.5, 0.6) is 0 Å². The maximum atomic E-state index is 12.7. The Morgan fingerprint density at radius 2 is 1.77 bits per heavy atom. The standard InChI is InChI=1S/C19H32N4O4S2.HI/c1-16(11-14-28(3,24)25)22-19(20-2)21-15-17-9-12-23(13-10-17)29(26,27)18-7-5-4-6-8-18;/h4-8,16-17H,9-15H2,1-3H3,(H2,20,21,22);1H. The molecule has 0 aliphatic carbocycles. The van der Waals surface area contributed by atoms with E-state index in [1.165, 1.54) is 6.26 Å². The molecule has 0 radical (unpaired) electrons. The summed E-state index contributed by atoms with van der Waals surface area (Å²) >= 11 is 0. The van der Waals surface area contributed by atoms with E-state index >= 15 is 0 Å². The van der Waals surface area contributed by atoms with E-state index in [0.717, 1.165) is 12.8 Å². The number of hydrogen-bond acceptors (Lipinski definition) is 5. The van der Waals surface area contributed by atoms with Gasteiger partial charge in [0.1, 0.15) is 9.84 Å². The lowest BCUT2D eigenvalue weighted by Gasteiger charge is -2.31. The minimum Gasteiger partial charge on any atom is -0.356 e. The van der Waals surface area contributed by atoms with Crippen molar-refractivity contribution in [2.24, 2.45) is 10.9 Å². The Bertz CT molecular complexity index is 884. The first kappa shape index (κ1) is 27.1. The van der Waals surface area contributed by atoms with Crippen molar-refractivity contribution in [2.75, 3.05) is 38.7 Å². The molecular weight excluding hydrogens is 539 g/mol. The van der Waals surface area contributed by atoms with Crippen LogP contribution in [0.2, 0.25) is 0 Å². The second-order valence-electron chi connectivity index (χ2n) is 7.58. The average molecular weight is 573 g/mol. The monoisotopic (exact) mass is 572 g/mol. The fourth-order valence-electron chi connectivity index (χ4n) is 3.23. The molecule has 0 saturated carbocycles. The quantitative estimate of drug-likeness (QED) is 0.279. The molecular formula is C19H33IN4O4S2. The Hall–Kier alpha value is -0.920. The van der Waals surface area contributed by atoms with Crippen molar-refractivity contribution in [2.45, 2.75) is 37.1 Å². The molecule has 30 heavy (non-hydrogen) atoms. The summed E-state index contributed by atoms with van der Waals surface area (Å²) in [6.07, 6.45) is 3.30. The van der Waals surface area contributed by atoms with Gasteiger partial charge in [-0.25, -0.2) is 16.8 Å². The second-order valence-corrected chi connectivity index (χ2v) is 11.8. The Morgan fingerprint density at radius 3 is 2.30 bits per heavy atom. The van der Waals surface area contributed by atoms with E-state index in [9.17, 15) is 16.8 Å². The third-order valence-electron chi connectivity index (χ3n) is 5.04. The number of sulfonamides is 1. The van der Waals surface area contributed by atoms with Crippen LogP contribution >= 0.6 is 24.0 Å². The van der Waals surface area contributed by atoms with Crippen LogP contribution in [-0.2, 0) is 19.9 Å². The van der Waals surface area contributed by atoms with E-state index in [1.54, 1.807) is 41.7 Å². The van der Waals surface area contributed by atoms with Gasteiger partial charge in [0.15, 0.2) is 5.96 Å². The van der Waals surface area contributed by atoms with Crippen molar-refractivity contribution in [3.05, 3.63) is 30.3 Å². The van der Waals surface area contributed by atoms with Gasteiger partial charge in [-0.2, -0.15) is 4.31 Å². The number of nitrogens with zero attached hydrogens (tertiary/aromatic N) is 2. The number of aliphatic imine (C=N–C) groups is 1. The van der Waals surface area contributed by atoms with Gasteiger partial charge in [-0.05, 0) is 44.2 Å².